The average molecular weight is 189 g/mol. The normalized spacial score (nSPS) is 0. The standard InChI is InChI=1S/Cu.Mg.H3P.Zn.2H/h;;1H3;;;. The van der Waals surface area contributed by atoms with Gasteiger partial charge in [-0.25, -0.2) is 0 Å². The van der Waals surface area contributed by atoms with E-state index in [0.717, 1.165) is 0 Å². The monoisotopic (exact) mass is 187 g/mol. The number of hydrogen-bond donors (Lipinski definition) is 0. The van der Waals surface area contributed by atoms with Crippen molar-refractivity contribution < 1.29 is 36.5 Å². The largest absolute Gasteiger partial charge is 0.316 e. The Kier molecular flexibility index (Phi) is 152. The minimum atomic E-state index is 0. The maximum atomic E-state index is 0. The molecular formula is H5CuMgPZn. The fourth-order valence-corrected chi connectivity index (χ4v) is 0. The van der Waals surface area contributed by atoms with Crippen LogP contribution in [0.2, 0.25) is 0 Å². The molecule has 4 heavy (non-hydrogen) atoms. The Balaban J connectivity index is 0. The molecule has 0 heterocycles. The maximum absolute atomic E-state index is 0. The van der Waals surface area contributed by atoms with Crippen molar-refractivity contribution >= 4 is 33.0 Å². The van der Waals surface area contributed by atoms with Crippen LogP contribution in [0.4, 0.5) is 0 Å². The molecule has 0 aliphatic carbocycles. The van der Waals surface area contributed by atoms with Crippen molar-refractivity contribution in [1.29, 1.82) is 0 Å². The Bertz CT molecular complexity index is 8.00. The third-order valence-corrected chi connectivity index (χ3v) is 0. The molecule has 0 spiro atoms. The Morgan fingerprint density at radius 1 is 1.00 bits per heavy atom. The van der Waals surface area contributed by atoms with Gasteiger partial charge in [-0.2, -0.15) is 9.90 Å². The predicted octanol–water partition coefficient (Wildman–Crippen LogP) is -0.863. The minimum Gasteiger partial charge on any atom is -0.153 e. The first kappa shape index (κ1) is 33.0. The van der Waals surface area contributed by atoms with Crippen LogP contribution >= 0.6 is 9.90 Å². The summed E-state index contributed by atoms with van der Waals surface area (Å²) in [5.41, 5.74) is 0. The molecular weight excluding hydrogens is 184 g/mol. The molecule has 0 amide bonds. The fraction of sp³-hybridized carbons (Fsp3) is 0. The molecule has 0 rings (SSSR count). The summed E-state index contributed by atoms with van der Waals surface area (Å²) >= 11 is 0. The van der Waals surface area contributed by atoms with Crippen molar-refractivity contribution in [2.45, 2.75) is 0 Å². The zero-order chi connectivity index (χ0) is 0. The molecule has 1 radical (unpaired) electrons. The van der Waals surface area contributed by atoms with Crippen molar-refractivity contribution in [2.24, 2.45) is 0 Å². The van der Waals surface area contributed by atoms with Crippen LogP contribution in [0.1, 0.15) is 0 Å². The topological polar surface area (TPSA) is 0 Å². The third-order valence-electron chi connectivity index (χ3n) is 0. The second-order valence-corrected chi connectivity index (χ2v) is 0. The van der Waals surface area contributed by atoms with E-state index in [2.05, 4.69) is 0 Å². The molecule has 0 aromatic rings. The van der Waals surface area contributed by atoms with Crippen molar-refractivity contribution in [3.8, 4) is 0 Å². The molecule has 25 valence electrons. The molecule has 0 aliphatic heterocycles. The second kappa shape index (κ2) is 18.4. The third kappa shape index (κ3) is 8.84. The molecule has 1 unspecified atom stereocenters. The van der Waals surface area contributed by atoms with E-state index in [9.17, 15) is 0 Å². The van der Waals surface area contributed by atoms with Crippen molar-refractivity contribution in [1.82, 2.24) is 0 Å². The number of hydrogen-bond acceptors (Lipinski definition) is 0. The van der Waals surface area contributed by atoms with E-state index in [1.807, 2.05) is 0 Å². The zero-order valence-corrected chi connectivity index (χ0v) is 7.04. The van der Waals surface area contributed by atoms with Crippen LogP contribution in [-0.4, -0.2) is 23.1 Å². The molecule has 0 N–H and O–H groups in total. The summed E-state index contributed by atoms with van der Waals surface area (Å²) in [6.07, 6.45) is 0. The van der Waals surface area contributed by atoms with E-state index >= 15 is 0 Å². The summed E-state index contributed by atoms with van der Waals surface area (Å²) in [5, 5.41) is 0. The molecule has 1 atom stereocenters. The van der Waals surface area contributed by atoms with E-state index in [1.165, 1.54) is 0 Å². The predicted molar refractivity (Wildman–Crippen MR) is 19.6 cm³/mol. The smallest absolute Gasteiger partial charge is 0.153 e. The van der Waals surface area contributed by atoms with Gasteiger partial charge < -0.3 is 0 Å². The molecule has 0 nitrogen and oxygen atoms in total. The van der Waals surface area contributed by atoms with E-state index in [1.54, 1.807) is 0 Å². The van der Waals surface area contributed by atoms with Gasteiger partial charge in [0.05, 0.1) is 0 Å². The Morgan fingerprint density at radius 2 is 1.00 bits per heavy atom. The van der Waals surface area contributed by atoms with Crippen LogP contribution in [0.15, 0.2) is 0 Å². The van der Waals surface area contributed by atoms with Gasteiger partial charge >= 0.3 is 23.1 Å². The van der Waals surface area contributed by atoms with Gasteiger partial charge in [0.15, 0.2) is 0 Å². The molecule has 4 heteroatoms. The van der Waals surface area contributed by atoms with E-state index < -0.39 is 0 Å². The van der Waals surface area contributed by atoms with Gasteiger partial charge in [-0.1, -0.05) is 0 Å². The van der Waals surface area contributed by atoms with Crippen LogP contribution in [0.25, 0.3) is 0 Å². The van der Waals surface area contributed by atoms with E-state index in [0.29, 0.717) is 0 Å². The van der Waals surface area contributed by atoms with Crippen LogP contribution in [0.5, 0.6) is 0 Å². The molecule has 0 fully saturated rings. The summed E-state index contributed by atoms with van der Waals surface area (Å²) < 4.78 is 0. The quantitative estimate of drug-likeness (QED) is 0.343. The summed E-state index contributed by atoms with van der Waals surface area (Å²) in [5.74, 6) is 0. The van der Waals surface area contributed by atoms with Crippen molar-refractivity contribution in [2.75, 3.05) is 0 Å². The molecule has 0 saturated heterocycles. The van der Waals surface area contributed by atoms with Gasteiger partial charge in [0.1, 0.15) is 0 Å². The zero-order valence-electron chi connectivity index (χ0n) is 1.72. The van der Waals surface area contributed by atoms with Gasteiger partial charge in [0.25, 0.3) is 0 Å². The summed E-state index contributed by atoms with van der Waals surface area (Å²) in [4.78, 5) is 0. The van der Waals surface area contributed by atoms with Gasteiger partial charge in [0.2, 0.25) is 0 Å². The van der Waals surface area contributed by atoms with Crippen molar-refractivity contribution in [3.05, 3.63) is 0 Å². The van der Waals surface area contributed by atoms with Gasteiger partial charge in [-0.3, -0.25) is 0 Å². The maximum Gasteiger partial charge on any atom is 0.316 e. The van der Waals surface area contributed by atoms with Crippen molar-refractivity contribution in [3.63, 3.8) is 0 Å². The van der Waals surface area contributed by atoms with Gasteiger partial charge in [-0.15, -0.1) is 0 Å². The van der Waals surface area contributed by atoms with Crippen LogP contribution in [-0.2, 0) is 36.5 Å². The summed E-state index contributed by atoms with van der Waals surface area (Å²) in [7, 11) is 0. The van der Waals surface area contributed by atoms with E-state index in [4.69, 9.17) is 0 Å². The SMILES string of the molecule is P.[Cu].[MgH2].[Zn]. The first-order valence-corrected chi connectivity index (χ1v) is 0. The fourth-order valence-electron chi connectivity index (χ4n) is 0. The van der Waals surface area contributed by atoms with Crippen LogP contribution in [0.3, 0.4) is 0 Å². The molecule has 0 saturated carbocycles. The minimum absolute atomic E-state index is 0. The Morgan fingerprint density at radius 3 is 1.00 bits per heavy atom. The number of rotatable bonds is 0. The first-order chi connectivity index (χ1) is 0. The second-order valence-electron chi connectivity index (χ2n) is 0. The first-order valence-electron chi connectivity index (χ1n) is 0. The van der Waals surface area contributed by atoms with Gasteiger partial charge in [0, 0.05) is 36.5 Å². The van der Waals surface area contributed by atoms with Crippen LogP contribution < -0.4 is 0 Å². The molecule has 0 aromatic heterocycles. The molecule has 0 aromatic carbocycles. The summed E-state index contributed by atoms with van der Waals surface area (Å²) in [6, 6.07) is 0. The average Bonchev–Trinajstić information content (AvgIpc) is 0. The Hall–Kier alpha value is 2.34. The van der Waals surface area contributed by atoms with E-state index in [-0.39, 0.29) is 69.5 Å². The summed E-state index contributed by atoms with van der Waals surface area (Å²) in [6.45, 7) is 0. The van der Waals surface area contributed by atoms with Gasteiger partial charge in [-0.05, 0) is 0 Å². The molecule has 0 aliphatic rings. The molecule has 0 bridgehead atoms. The Labute approximate surface area is 68.9 Å². The van der Waals surface area contributed by atoms with Crippen LogP contribution in [0, 0.1) is 0 Å².